The third-order valence-electron chi connectivity index (χ3n) is 2.10. The number of halogens is 1. The quantitative estimate of drug-likeness (QED) is 0.571. The van der Waals surface area contributed by atoms with Crippen LogP contribution >= 0.6 is 0 Å². The Morgan fingerprint density at radius 1 is 1.40 bits per heavy atom. The smallest absolute Gasteiger partial charge is 0.100 e. The summed E-state index contributed by atoms with van der Waals surface area (Å²) < 4.78 is 12.6. The lowest BCUT2D eigenvalue weighted by molar-refractivity contribution is 0.295. The Hall–Kier alpha value is -0.110. The van der Waals surface area contributed by atoms with Crippen molar-refractivity contribution in [2.24, 2.45) is 5.92 Å². The molecule has 1 fully saturated rings. The lowest BCUT2D eigenvalue weighted by Gasteiger charge is -2.14. The van der Waals surface area contributed by atoms with Crippen LogP contribution in [-0.4, -0.2) is 31.7 Å². The van der Waals surface area contributed by atoms with E-state index in [1.165, 1.54) is 0 Å². The van der Waals surface area contributed by atoms with Gasteiger partial charge >= 0.3 is 0 Å². The highest BCUT2D eigenvalue weighted by atomic mass is 19.1. The summed E-state index contributed by atoms with van der Waals surface area (Å²) in [5.74, 6) is 0.616. The zero-order valence-electron chi connectivity index (χ0n) is 6.81. The van der Waals surface area contributed by atoms with Gasteiger partial charge in [-0.15, -0.1) is 0 Å². The Labute approximate surface area is 62.2 Å². The van der Waals surface area contributed by atoms with Gasteiger partial charge in [-0.3, -0.25) is 0 Å². The first-order valence-electron chi connectivity index (χ1n) is 3.97. The summed E-state index contributed by atoms with van der Waals surface area (Å²) in [5.41, 5.74) is 0. The first-order valence-corrected chi connectivity index (χ1v) is 3.97. The van der Waals surface area contributed by atoms with E-state index in [0.29, 0.717) is 5.92 Å². The molecule has 1 aliphatic rings. The average molecular weight is 145 g/mol. The number of hydrogen-bond acceptors (Lipinski definition) is 1. The van der Waals surface area contributed by atoms with E-state index >= 15 is 0 Å². The topological polar surface area (TPSA) is 3.24 Å². The van der Waals surface area contributed by atoms with E-state index < -0.39 is 6.17 Å². The highest BCUT2D eigenvalue weighted by molar-refractivity contribution is 4.76. The summed E-state index contributed by atoms with van der Waals surface area (Å²) in [6.45, 7) is 1.06. The predicted molar refractivity (Wildman–Crippen MR) is 40.8 cm³/mol. The number of nitrogens with zero attached hydrogens (tertiary/aromatic N) is 1. The second-order valence-corrected chi connectivity index (χ2v) is 3.54. The van der Waals surface area contributed by atoms with Gasteiger partial charge in [0.25, 0.3) is 0 Å². The molecule has 0 aliphatic heterocycles. The van der Waals surface area contributed by atoms with Crippen LogP contribution in [-0.2, 0) is 0 Å². The van der Waals surface area contributed by atoms with E-state index in [-0.39, 0.29) is 0 Å². The van der Waals surface area contributed by atoms with Crippen LogP contribution in [0.4, 0.5) is 4.39 Å². The number of rotatable bonds is 2. The molecule has 2 atom stereocenters. The highest BCUT2D eigenvalue weighted by Gasteiger charge is 2.23. The van der Waals surface area contributed by atoms with Crippen LogP contribution in [0.3, 0.4) is 0 Å². The molecular weight excluding hydrogens is 129 g/mol. The minimum absolute atomic E-state index is 0.509. The molecule has 1 saturated carbocycles. The van der Waals surface area contributed by atoms with Gasteiger partial charge in [-0.05, 0) is 39.3 Å². The fraction of sp³-hybridized carbons (Fsp3) is 1.00. The van der Waals surface area contributed by atoms with Gasteiger partial charge in [-0.1, -0.05) is 0 Å². The Kier molecular flexibility index (Phi) is 2.66. The molecule has 2 heteroatoms. The molecule has 0 heterocycles. The first kappa shape index (κ1) is 7.99. The van der Waals surface area contributed by atoms with Crippen LogP contribution < -0.4 is 0 Å². The van der Waals surface area contributed by atoms with E-state index in [0.717, 1.165) is 25.8 Å². The molecule has 0 spiro atoms. The largest absolute Gasteiger partial charge is 0.309 e. The summed E-state index contributed by atoms with van der Waals surface area (Å²) in [7, 11) is 4.09. The van der Waals surface area contributed by atoms with E-state index in [2.05, 4.69) is 4.90 Å². The molecule has 0 N–H and O–H groups in total. The summed E-state index contributed by atoms with van der Waals surface area (Å²) in [6, 6.07) is 0. The van der Waals surface area contributed by atoms with Gasteiger partial charge in [-0.2, -0.15) is 0 Å². The van der Waals surface area contributed by atoms with Crippen molar-refractivity contribution in [1.82, 2.24) is 4.90 Å². The molecule has 0 aromatic carbocycles. The fourth-order valence-electron chi connectivity index (χ4n) is 1.70. The van der Waals surface area contributed by atoms with Crippen molar-refractivity contribution in [3.05, 3.63) is 0 Å². The molecule has 0 unspecified atom stereocenters. The van der Waals surface area contributed by atoms with Gasteiger partial charge in [-0.25, -0.2) is 4.39 Å². The summed E-state index contributed by atoms with van der Waals surface area (Å²) in [5, 5.41) is 0. The van der Waals surface area contributed by atoms with Gasteiger partial charge in [0, 0.05) is 6.54 Å². The minimum Gasteiger partial charge on any atom is -0.309 e. The second kappa shape index (κ2) is 3.33. The molecule has 1 rings (SSSR count). The lowest BCUT2D eigenvalue weighted by Crippen LogP contribution is -2.19. The zero-order chi connectivity index (χ0) is 7.56. The highest BCUT2D eigenvalue weighted by Crippen LogP contribution is 2.27. The average Bonchev–Trinajstić information content (AvgIpc) is 2.13. The lowest BCUT2D eigenvalue weighted by atomic mass is 10.1. The van der Waals surface area contributed by atoms with Crippen LogP contribution in [0.5, 0.6) is 0 Å². The molecule has 60 valence electrons. The SMILES string of the molecule is CN(C)C[C@H]1CC[C@@H](F)C1. The molecule has 0 aromatic rings. The Morgan fingerprint density at radius 2 is 2.10 bits per heavy atom. The van der Waals surface area contributed by atoms with Gasteiger partial charge in [0.15, 0.2) is 0 Å². The molecule has 10 heavy (non-hydrogen) atoms. The van der Waals surface area contributed by atoms with E-state index in [1.54, 1.807) is 0 Å². The van der Waals surface area contributed by atoms with Crippen LogP contribution in [0.15, 0.2) is 0 Å². The maximum Gasteiger partial charge on any atom is 0.100 e. The Morgan fingerprint density at radius 3 is 2.50 bits per heavy atom. The van der Waals surface area contributed by atoms with Gasteiger partial charge < -0.3 is 4.90 Å². The first-order chi connectivity index (χ1) is 4.68. The summed E-state index contributed by atoms with van der Waals surface area (Å²) in [6.07, 6.45) is 2.15. The standard InChI is InChI=1S/C8H16FN/c1-10(2)6-7-3-4-8(9)5-7/h7-8H,3-6H2,1-2H3/t7-,8+/m0/s1. The Balaban J connectivity index is 2.18. The second-order valence-electron chi connectivity index (χ2n) is 3.54. The van der Waals surface area contributed by atoms with Gasteiger partial charge in [0.1, 0.15) is 6.17 Å². The molecule has 0 saturated heterocycles. The van der Waals surface area contributed by atoms with Crippen molar-refractivity contribution in [1.29, 1.82) is 0 Å². The van der Waals surface area contributed by atoms with Crippen molar-refractivity contribution < 1.29 is 4.39 Å². The molecule has 0 bridgehead atoms. The van der Waals surface area contributed by atoms with Crippen molar-refractivity contribution in [3.63, 3.8) is 0 Å². The molecular formula is C8H16FN. The van der Waals surface area contributed by atoms with Crippen molar-refractivity contribution in [2.75, 3.05) is 20.6 Å². The van der Waals surface area contributed by atoms with E-state index in [4.69, 9.17) is 0 Å². The minimum atomic E-state index is -0.509. The Bertz CT molecular complexity index is 103. The molecule has 0 radical (unpaired) electrons. The zero-order valence-corrected chi connectivity index (χ0v) is 6.81. The third-order valence-corrected chi connectivity index (χ3v) is 2.10. The summed E-state index contributed by atoms with van der Waals surface area (Å²) in [4.78, 5) is 2.14. The molecule has 0 aromatic heterocycles. The maximum absolute atomic E-state index is 12.6. The monoisotopic (exact) mass is 145 g/mol. The fourth-order valence-corrected chi connectivity index (χ4v) is 1.70. The van der Waals surface area contributed by atoms with Crippen LogP contribution in [0, 0.1) is 5.92 Å². The maximum atomic E-state index is 12.6. The van der Waals surface area contributed by atoms with Crippen molar-refractivity contribution in [3.8, 4) is 0 Å². The van der Waals surface area contributed by atoms with Gasteiger partial charge in [0.2, 0.25) is 0 Å². The normalized spacial score (nSPS) is 33.6. The van der Waals surface area contributed by atoms with E-state index in [9.17, 15) is 4.39 Å². The molecule has 0 amide bonds. The number of alkyl halides is 1. The summed E-state index contributed by atoms with van der Waals surface area (Å²) >= 11 is 0. The van der Waals surface area contributed by atoms with Crippen LogP contribution in [0.1, 0.15) is 19.3 Å². The van der Waals surface area contributed by atoms with Crippen molar-refractivity contribution in [2.45, 2.75) is 25.4 Å². The van der Waals surface area contributed by atoms with Crippen LogP contribution in [0.2, 0.25) is 0 Å². The predicted octanol–water partition coefficient (Wildman–Crippen LogP) is 1.69. The van der Waals surface area contributed by atoms with Crippen LogP contribution in [0.25, 0.3) is 0 Å². The molecule has 1 nitrogen and oxygen atoms in total. The third kappa shape index (κ3) is 2.25. The molecule has 1 aliphatic carbocycles. The number of hydrogen-bond donors (Lipinski definition) is 0. The van der Waals surface area contributed by atoms with Gasteiger partial charge in [0.05, 0.1) is 0 Å². The van der Waals surface area contributed by atoms with E-state index in [1.807, 2.05) is 14.1 Å². The van der Waals surface area contributed by atoms with Crippen molar-refractivity contribution >= 4 is 0 Å².